The molecule has 1 saturated heterocycles. The fourth-order valence-corrected chi connectivity index (χ4v) is 3.53. The van der Waals surface area contributed by atoms with E-state index in [4.69, 9.17) is 4.42 Å². The lowest BCUT2D eigenvalue weighted by Crippen LogP contribution is -2.45. The van der Waals surface area contributed by atoms with Gasteiger partial charge in [0.2, 0.25) is 5.89 Å². The molecule has 1 amide bonds. The minimum Gasteiger partial charge on any atom is -0.444 e. The number of pyridine rings is 2. The zero-order chi connectivity index (χ0) is 22.0. The fraction of sp³-hybridized carbons (Fsp3) is 0.333. The number of oxazole rings is 1. The average Bonchev–Trinajstić information content (AvgIpc) is 3.28. The summed E-state index contributed by atoms with van der Waals surface area (Å²) in [5.74, 6) is 0.404. The van der Waals surface area contributed by atoms with Gasteiger partial charge in [-0.15, -0.1) is 0 Å². The van der Waals surface area contributed by atoms with Crippen LogP contribution in [-0.2, 0) is 6.18 Å². The van der Waals surface area contributed by atoms with E-state index in [1.165, 1.54) is 18.5 Å². The number of hydrogen-bond donors (Lipinski definition) is 1. The first kappa shape index (κ1) is 20.8. The van der Waals surface area contributed by atoms with Crippen LogP contribution in [-0.4, -0.2) is 44.9 Å². The predicted octanol–water partition coefficient (Wildman–Crippen LogP) is 4.18. The van der Waals surface area contributed by atoms with Crippen molar-refractivity contribution < 1.29 is 22.4 Å². The van der Waals surface area contributed by atoms with E-state index in [1.54, 1.807) is 24.0 Å². The van der Waals surface area contributed by atoms with Crippen molar-refractivity contribution in [1.29, 1.82) is 0 Å². The molecule has 0 spiro atoms. The van der Waals surface area contributed by atoms with Crippen molar-refractivity contribution in [1.82, 2.24) is 19.9 Å². The molecule has 162 valence electrons. The number of rotatable bonds is 4. The van der Waals surface area contributed by atoms with E-state index in [2.05, 4.69) is 20.3 Å². The molecule has 1 fully saturated rings. The fourth-order valence-electron chi connectivity index (χ4n) is 3.53. The first-order chi connectivity index (χ1) is 14.8. The quantitative estimate of drug-likeness (QED) is 0.667. The van der Waals surface area contributed by atoms with Crippen LogP contribution in [0.2, 0.25) is 0 Å². The van der Waals surface area contributed by atoms with Gasteiger partial charge >= 0.3 is 6.18 Å². The molecular weight excluding hydrogens is 411 g/mol. The number of nitrogens with one attached hydrogen (secondary N) is 1. The number of aromatic nitrogens is 3. The number of aryl methyl sites for hydroxylation is 1. The third-order valence-electron chi connectivity index (χ3n) is 5.05. The SMILES string of the molecule is Cc1ccc(-c2ncco2)c(C(=O)N2CCC[C@@H](Nc3ccc(C(F)(F)F)cn3)C2)n1. The van der Waals surface area contributed by atoms with Crippen LogP contribution in [0, 0.1) is 6.92 Å². The standard InChI is InChI=1S/C21H20F3N5O2/c1-13-4-6-16(19-25-8-10-31-19)18(27-13)20(30)29-9-2-3-15(12-29)28-17-7-5-14(11-26-17)21(22,23)24/h4-8,10-11,15H,2-3,9,12H2,1H3,(H,26,28)/t15-/m1/s1. The summed E-state index contributed by atoms with van der Waals surface area (Å²) in [6, 6.07) is 5.68. The second kappa shape index (κ2) is 8.37. The van der Waals surface area contributed by atoms with Crippen molar-refractivity contribution in [2.45, 2.75) is 32.0 Å². The number of likely N-dealkylation sites (tertiary alicyclic amines) is 1. The zero-order valence-electron chi connectivity index (χ0n) is 16.7. The summed E-state index contributed by atoms with van der Waals surface area (Å²) in [4.78, 5) is 27.3. The summed E-state index contributed by atoms with van der Waals surface area (Å²) in [6.45, 7) is 2.73. The molecule has 0 radical (unpaired) electrons. The van der Waals surface area contributed by atoms with Crippen LogP contribution in [0.5, 0.6) is 0 Å². The Balaban J connectivity index is 1.49. The maximum absolute atomic E-state index is 13.2. The molecule has 1 aliphatic heterocycles. The molecule has 3 aromatic rings. The zero-order valence-corrected chi connectivity index (χ0v) is 16.7. The third-order valence-corrected chi connectivity index (χ3v) is 5.05. The number of nitrogens with zero attached hydrogens (tertiary/aromatic N) is 4. The average molecular weight is 431 g/mol. The molecule has 1 aliphatic rings. The molecule has 0 unspecified atom stereocenters. The summed E-state index contributed by atoms with van der Waals surface area (Å²) < 4.78 is 43.5. The molecular formula is C21H20F3N5O2. The van der Waals surface area contributed by atoms with E-state index in [1.807, 2.05) is 0 Å². The predicted molar refractivity (Wildman–Crippen MR) is 106 cm³/mol. The molecule has 3 aromatic heterocycles. The van der Waals surface area contributed by atoms with Crippen molar-refractivity contribution in [3.05, 3.63) is 59.9 Å². The van der Waals surface area contributed by atoms with Gasteiger partial charge in [0.15, 0.2) is 0 Å². The van der Waals surface area contributed by atoms with Crippen molar-refractivity contribution in [3.8, 4) is 11.5 Å². The Kier molecular flexibility index (Phi) is 5.62. The summed E-state index contributed by atoms with van der Waals surface area (Å²) in [6.07, 6.45) is 0.807. The van der Waals surface area contributed by atoms with E-state index in [-0.39, 0.29) is 17.6 Å². The minimum absolute atomic E-state index is 0.142. The van der Waals surface area contributed by atoms with E-state index in [0.717, 1.165) is 25.1 Å². The number of carbonyl (C=O) groups excluding carboxylic acids is 1. The first-order valence-electron chi connectivity index (χ1n) is 9.78. The first-order valence-corrected chi connectivity index (χ1v) is 9.78. The van der Waals surface area contributed by atoms with Crippen molar-refractivity contribution in [2.75, 3.05) is 18.4 Å². The number of piperidine rings is 1. The molecule has 0 aliphatic carbocycles. The van der Waals surface area contributed by atoms with Crippen LogP contribution in [0.3, 0.4) is 0 Å². The maximum Gasteiger partial charge on any atom is 0.417 e. The van der Waals surface area contributed by atoms with Gasteiger partial charge < -0.3 is 14.6 Å². The van der Waals surface area contributed by atoms with Gasteiger partial charge in [-0.3, -0.25) is 4.79 Å². The number of amides is 1. The monoisotopic (exact) mass is 431 g/mol. The number of halogens is 3. The Morgan fingerprint density at radius 3 is 2.74 bits per heavy atom. The summed E-state index contributed by atoms with van der Waals surface area (Å²) >= 11 is 0. The van der Waals surface area contributed by atoms with E-state index in [9.17, 15) is 18.0 Å². The Morgan fingerprint density at radius 1 is 1.23 bits per heavy atom. The van der Waals surface area contributed by atoms with Gasteiger partial charge in [-0.25, -0.2) is 15.0 Å². The Labute approximate surface area is 176 Å². The van der Waals surface area contributed by atoms with Crippen LogP contribution < -0.4 is 5.32 Å². The van der Waals surface area contributed by atoms with Gasteiger partial charge in [-0.05, 0) is 44.0 Å². The van der Waals surface area contributed by atoms with Gasteiger partial charge in [-0.1, -0.05) is 0 Å². The number of hydrogen-bond acceptors (Lipinski definition) is 6. The maximum atomic E-state index is 13.2. The van der Waals surface area contributed by atoms with E-state index < -0.39 is 11.7 Å². The van der Waals surface area contributed by atoms with Gasteiger partial charge in [0.1, 0.15) is 17.8 Å². The molecule has 7 nitrogen and oxygen atoms in total. The molecule has 0 bridgehead atoms. The minimum atomic E-state index is -4.43. The van der Waals surface area contributed by atoms with Crippen LogP contribution in [0.15, 0.2) is 47.3 Å². The highest BCUT2D eigenvalue weighted by atomic mass is 19.4. The molecule has 1 N–H and O–H groups in total. The van der Waals surface area contributed by atoms with Crippen LogP contribution in [0.1, 0.15) is 34.6 Å². The Hall–Kier alpha value is -3.43. The molecule has 0 saturated carbocycles. The number of anilines is 1. The Morgan fingerprint density at radius 2 is 2.06 bits per heavy atom. The third kappa shape index (κ3) is 4.68. The summed E-state index contributed by atoms with van der Waals surface area (Å²) in [5, 5.41) is 3.13. The normalized spacial score (nSPS) is 16.9. The summed E-state index contributed by atoms with van der Waals surface area (Å²) in [5.41, 5.74) is 0.665. The highest BCUT2D eigenvalue weighted by Gasteiger charge is 2.31. The van der Waals surface area contributed by atoms with Gasteiger partial charge in [0, 0.05) is 31.0 Å². The van der Waals surface area contributed by atoms with Crippen LogP contribution in [0.25, 0.3) is 11.5 Å². The number of carbonyl (C=O) groups is 1. The van der Waals surface area contributed by atoms with Crippen molar-refractivity contribution in [3.63, 3.8) is 0 Å². The lowest BCUT2D eigenvalue weighted by Gasteiger charge is -2.33. The van der Waals surface area contributed by atoms with Gasteiger partial charge in [0.25, 0.3) is 5.91 Å². The second-order valence-electron chi connectivity index (χ2n) is 7.35. The second-order valence-corrected chi connectivity index (χ2v) is 7.35. The van der Waals surface area contributed by atoms with E-state index >= 15 is 0 Å². The molecule has 4 heterocycles. The van der Waals surface area contributed by atoms with Crippen molar-refractivity contribution in [2.24, 2.45) is 0 Å². The largest absolute Gasteiger partial charge is 0.444 e. The number of alkyl halides is 3. The molecule has 1 atom stereocenters. The van der Waals surface area contributed by atoms with Gasteiger partial charge in [0.05, 0.1) is 17.3 Å². The topological polar surface area (TPSA) is 84.2 Å². The van der Waals surface area contributed by atoms with Crippen LogP contribution in [0.4, 0.5) is 19.0 Å². The Bertz CT molecular complexity index is 1050. The highest BCUT2D eigenvalue weighted by Crippen LogP contribution is 2.29. The molecule has 0 aromatic carbocycles. The van der Waals surface area contributed by atoms with Crippen molar-refractivity contribution >= 4 is 11.7 Å². The molecule has 10 heteroatoms. The smallest absolute Gasteiger partial charge is 0.417 e. The highest BCUT2D eigenvalue weighted by molar-refractivity contribution is 5.98. The molecule has 4 rings (SSSR count). The summed E-state index contributed by atoms with van der Waals surface area (Å²) in [7, 11) is 0. The molecule has 31 heavy (non-hydrogen) atoms. The van der Waals surface area contributed by atoms with Crippen LogP contribution >= 0.6 is 0 Å². The van der Waals surface area contributed by atoms with Gasteiger partial charge in [-0.2, -0.15) is 13.2 Å². The lowest BCUT2D eigenvalue weighted by molar-refractivity contribution is -0.137. The van der Waals surface area contributed by atoms with E-state index in [0.29, 0.717) is 36.1 Å². The lowest BCUT2D eigenvalue weighted by atomic mass is 10.0.